The molecule has 0 aliphatic heterocycles. The van der Waals surface area contributed by atoms with Crippen LogP contribution in [0.25, 0.3) is 0 Å². The van der Waals surface area contributed by atoms with E-state index >= 15 is 0 Å². The summed E-state index contributed by atoms with van der Waals surface area (Å²) in [4.78, 5) is 10.8. The predicted octanol–water partition coefficient (Wildman–Crippen LogP) is 2.34. The van der Waals surface area contributed by atoms with Crippen LogP contribution < -0.4 is 15.4 Å². The highest BCUT2D eigenvalue weighted by molar-refractivity contribution is 5.89. The molecule has 0 bridgehead atoms. The lowest BCUT2D eigenvalue weighted by Gasteiger charge is -2.10. The standard InChI is InChI=1S/C9H9F3N2O2/c1-16-7-4-2-6(3-5-7)13-8(15)14-9(10,11)12/h2-5H,1H3,(H2,13,14,15). The van der Waals surface area contributed by atoms with Crippen molar-refractivity contribution in [2.45, 2.75) is 6.30 Å². The van der Waals surface area contributed by atoms with Gasteiger partial charge in [0.15, 0.2) is 0 Å². The van der Waals surface area contributed by atoms with Gasteiger partial charge >= 0.3 is 12.3 Å². The van der Waals surface area contributed by atoms with Gasteiger partial charge in [-0.1, -0.05) is 0 Å². The molecule has 0 heterocycles. The predicted molar refractivity (Wildman–Crippen MR) is 51.2 cm³/mol. The summed E-state index contributed by atoms with van der Waals surface area (Å²) in [5.74, 6) is 0.543. The smallest absolute Gasteiger partial charge is 0.485 e. The first kappa shape index (κ1) is 12.2. The van der Waals surface area contributed by atoms with Crippen LogP contribution in [0.2, 0.25) is 0 Å². The monoisotopic (exact) mass is 234 g/mol. The lowest BCUT2D eigenvalue weighted by atomic mass is 10.3. The van der Waals surface area contributed by atoms with Gasteiger partial charge in [-0.3, -0.25) is 0 Å². The van der Waals surface area contributed by atoms with Crippen molar-refractivity contribution in [2.24, 2.45) is 0 Å². The van der Waals surface area contributed by atoms with Gasteiger partial charge in [-0.25, -0.2) is 10.1 Å². The van der Waals surface area contributed by atoms with Crippen molar-refractivity contribution in [1.29, 1.82) is 0 Å². The van der Waals surface area contributed by atoms with Crippen molar-refractivity contribution in [3.63, 3.8) is 0 Å². The summed E-state index contributed by atoms with van der Waals surface area (Å²) >= 11 is 0. The Morgan fingerprint density at radius 1 is 1.25 bits per heavy atom. The van der Waals surface area contributed by atoms with E-state index in [1.165, 1.54) is 31.4 Å². The summed E-state index contributed by atoms with van der Waals surface area (Å²) < 4.78 is 40.1. The van der Waals surface area contributed by atoms with Crippen molar-refractivity contribution in [3.8, 4) is 5.75 Å². The van der Waals surface area contributed by atoms with Crippen LogP contribution in [-0.2, 0) is 0 Å². The van der Waals surface area contributed by atoms with Crippen LogP contribution in [0.3, 0.4) is 0 Å². The van der Waals surface area contributed by atoms with Crippen molar-refractivity contribution in [1.82, 2.24) is 5.32 Å². The Bertz CT molecular complexity index is 362. The Labute approximate surface area is 89.4 Å². The number of alkyl halides is 3. The minimum absolute atomic E-state index is 0.238. The fraction of sp³-hybridized carbons (Fsp3) is 0.222. The van der Waals surface area contributed by atoms with Gasteiger partial charge in [0.1, 0.15) is 5.75 Å². The number of amides is 2. The number of hydrogen-bond donors (Lipinski definition) is 2. The van der Waals surface area contributed by atoms with E-state index in [-0.39, 0.29) is 5.69 Å². The molecule has 1 aromatic rings. The minimum Gasteiger partial charge on any atom is -0.497 e. The number of carbonyl (C=O) groups is 1. The van der Waals surface area contributed by atoms with Crippen LogP contribution >= 0.6 is 0 Å². The van der Waals surface area contributed by atoms with Crippen LogP contribution in [0.4, 0.5) is 23.7 Å². The number of halogens is 3. The summed E-state index contributed by atoms with van der Waals surface area (Å²) in [5.41, 5.74) is 0.238. The summed E-state index contributed by atoms with van der Waals surface area (Å²) in [7, 11) is 1.46. The number of benzene rings is 1. The Morgan fingerprint density at radius 3 is 2.25 bits per heavy atom. The van der Waals surface area contributed by atoms with E-state index in [4.69, 9.17) is 4.74 Å². The molecule has 0 radical (unpaired) electrons. The summed E-state index contributed by atoms with van der Waals surface area (Å²) in [5, 5.41) is 2.84. The van der Waals surface area contributed by atoms with Gasteiger partial charge in [0, 0.05) is 5.69 Å². The molecule has 7 heteroatoms. The summed E-state index contributed by atoms with van der Waals surface area (Å²) in [6, 6.07) is 4.55. The molecule has 0 aliphatic rings. The summed E-state index contributed by atoms with van der Waals surface area (Å²) in [6.45, 7) is 0. The number of carbonyl (C=O) groups excluding carboxylic acids is 1. The second kappa shape index (κ2) is 4.73. The zero-order chi connectivity index (χ0) is 12.2. The highest BCUT2D eigenvalue weighted by atomic mass is 19.4. The van der Waals surface area contributed by atoms with Gasteiger partial charge in [0.2, 0.25) is 0 Å². The zero-order valence-electron chi connectivity index (χ0n) is 8.26. The first-order valence-corrected chi connectivity index (χ1v) is 4.20. The van der Waals surface area contributed by atoms with Gasteiger partial charge < -0.3 is 10.1 Å². The van der Waals surface area contributed by atoms with Crippen LogP contribution in [0.5, 0.6) is 5.75 Å². The molecule has 88 valence electrons. The molecule has 0 atom stereocenters. The van der Waals surface area contributed by atoms with E-state index in [0.29, 0.717) is 5.75 Å². The van der Waals surface area contributed by atoms with Crippen molar-refractivity contribution in [2.75, 3.05) is 12.4 Å². The molecule has 0 unspecified atom stereocenters. The second-order valence-corrected chi connectivity index (χ2v) is 2.81. The van der Waals surface area contributed by atoms with Crippen LogP contribution in [-0.4, -0.2) is 19.4 Å². The van der Waals surface area contributed by atoms with Crippen molar-refractivity contribution in [3.05, 3.63) is 24.3 Å². The molecule has 2 N–H and O–H groups in total. The van der Waals surface area contributed by atoms with Gasteiger partial charge in [-0.15, -0.1) is 0 Å². The molecule has 0 aliphatic carbocycles. The van der Waals surface area contributed by atoms with Crippen molar-refractivity contribution >= 4 is 11.7 Å². The van der Waals surface area contributed by atoms with Gasteiger partial charge in [-0.2, -0.15) is 13.2 Å². The topological polar surface area (TPSA) is 50.4 Å². The fourth-order valence-electron chi connectivity index (χ4n) is 0.965. The molecule has 16 heavy (non-hydrogen) atoms. The van der Waals surface area contributed by atoms with Gasteiger partial charge in [0.05, 0.1) is 7.11 Å². The number of urea groups is 1. The number of rotatable bonds is 2. The van der Waals surface area contributed by atoms with Crippen molar-refractivity contribution < 1.29 is 22.7 Å². The van der Waals surface area contributed by atoms with Crippen LogP contribution in [0, 0.1) is 0 Å². The first-order valence-electron chi connectivity index (χ1n) is 4.20. The zero-order valence-corrected chi connectivity index (χ0v) is 8.26. The third kappa shape index (κ3) is 4.07. The lowest BCUT2D eigenvalue weighted by Crippen LogP contribution is -2.40. The normalized spacial score (nSPS) is 10.8. The van der Waals surface area contributed by atoms with Crippen LogP contribution in [0.1, 0.15) is 0 Å². The molecule has 0 saturated carbocycles. The Kier molecular flexibility index (Phi) is 3.60. The maximum atomic E-state index is 11.7. The number of methoxy groups -OCH3 is 1. The molecule has 0 aromatic heterocycles. The first-order chi connectivity index (χ1) is 7.40. The maximum absolute atomic E-state index is 11.7. The molecule has 2 amide bonds. The van der Waals surface area contributed by atoms with E-state index in [1.807, 2.05) is 5.32 Å². The van der Waals surface area contributed by atoms with E-state index < -0.39 is 12.3 Å². The summed E-state index contributed by atoms with van der Waals surface area (Å²) in [6.07, 6.45) is -4.74. The van der Waals surface area contributed by atoms with Crippen LogP contribution in [0.15, 0.2) is 24.3 Å². The molecular weight excluding hydrogens is 225 g/mol. The Morgan fingerprint density at radius 2 is 1.81 bits per heavy atom. The Hall–Kier alpha value is -1.92. The van der Waals surface area contributed by atoms with E-state index in [2.05, 4.69) is 0 Å². The average Bonchev–Trinajstić information content (AvgIpc) is 2.16. The molecule has 4 nitrogen and oxygen atoms in total. The molecule has 0 saturated heterocycles. The molecule has 1 rings (SSSR count). The molecule has 0 spiro atoms. The molecular formula is C9H9F3N2O2. The number of anilines is 1. The minimum atomic E-state index is -4.74. The number of ether oxygens (including phenoxy) is 1. The number of hydrogen-bond acceptors (Lipinski definition) is 2. The number of nitrogens with one attached hydrogen (secondary N) is 2. The third-order valence-corrected chi connectivity index (χ3v) is 1.60. The quantitative estimate of drug-likeness (QED) is 0.771. The van der Waals surface area contributed by atoms with E-state index in [1.54, 1.807) is 0 Å². The SMILES string of the molecule is COc1ccc(NC(=O)NC(F)(F)F)cc1. The lowest BCUT2D eigenvalue weighted by molar-refractivity contribution is -0.144. The second-order valence-electron chi connectivity index (χ2n) is 2.81. The average molecular weight is 234 g/mol. The highest BCUT2D eigenvalue weighted by Gasteiger charge is 2.29. The van der Waals surface area contributed by atoms with Gasteiger partial charge in [0.25, 0.3) is 0 Å². The molecule has 1 aromatic carbocycles. The third-order valence-electron chi connectivity index (χ3n) is 1.60. The largest absolute Gasteiger partial charge is 0.497 e. The Balaban J connectivity index is 2.56. The fourth-order valence-corrected chi connectivity index (χ4v) is 0.965. The van der Waals surface area contributed by atoms with E-state index in [9.17, 15) is 18.0 Å². The molecule has 0 fully saturated rings. The van der Waals surface area contributed by atoms with Gasteiger partial charge in [-0.05, 0) is 24.3 Å². The maximum Gasteiger partial charge on any atom is 0.485 e. The van der Waals surface area contributed by atoms with E-state index in [0.717, 1.165) is 5.32 Å². The highest BCUT2D eigenvalue weighted by Crippen LogP contribution is 2.15.